The Labute approximate surface area is 122 Å². The molecule has 0 spiro atoms. The van der Waals surface area contributed by atoms with Crippen LogP contribution in [0.2, 0.25) is 0 Å². The molecule has 2 unspecified atom stereocenters. The molecule has 3 rings (SSSR count). The molecule has 1 aromatic carbocycles. The first kappa shape index (κ1) is 13.5. The molecule has 0 aromatic heterocycles. The molecule has 4 nitrogen and oxygen atoms in total. The van der Waals surface area contributed by atoms with Crippen LogP contribution in [0.25, 0.3) is 0 Å². The Bertz CT molecular complexity index is 559. The third-order valence-electron chi connectivity index (χ3n) is 4.05. The molecular weight excluding hydrogens is 328 g/mol. The topological polar surface area (TPSA) is 49.4 Å². The molecule has 1 N–H and O–H groups in total. The van der Waals surface area contributed by atoms with Gasteiger partial charge in [0.25, 0.3) is 0 Å². The quantitative estimate of drug-likeness (QED) is 0.890. The van der Waals surface area contributed by atoms with Gasteiger partial charge in [0, 0.05) is 23.6 Å². The van der Waals surface area contributed by atoms with Crippen LogP contribution < -0.4 is 5.32 Å². The molecule has 0 bridgehead atoms. The fourth-order valence-corrected chi connectivity index (χ4v) is 5.05. The fraction of sp³-hybridized carbons (Fsp3) is 0.538. The van der Waals surface area contributed by atoms with Crippen molar-refractivity contribution in [2.24, 2.45) is 5.92 Å². The molecule has 2 aliphatic heterocycles. The highest BCUT2D eigenvalue weighted by atomic mass is 79.9. The first-order valence-electron chi connectivity index (χ1n) is 6.57. The van der Waals surface area contributed by atoms with E-state index >= 15 is 0 Å². The number of hydrogen-bond acceptors (Lipinski definition) is 3. The highest BCUT2D eigenvalue weighted by Gasteiger charge is 2.41. The maximum Gasteiger partial charge on any atom is 0.243 e. The average Bonchev–Trinajstić information content (AvgIpc) is 2.87. The van der Waals surface area contributed by atoms with Crippen LogP contribution in [0.3, 0.4) is 0 Å². The van der Waals surface area contributed by atoms with Gasteiger partial charge >= 0.3 is 0 Å². The minimum absolute atomic E-state index is 0.127. The van der Waals surface area contributed by atoms with E-state index in [0.717, 1.165) is 30.4 Å². The summed E-state index contributed by atoms with van der Waals surface area (Å²) in [6.45, 7) is 2.36. The SMILES string of the molecule is O=S(=O)(c1ccc(Br)cc1)N1CCCC2CNCC21. The van der Waals surface area contributed by atoms with E-state index in [1.807, 2.05) is 0 Å². The predicted octanol–water partition coefficient (Wildman–Crippen LogP) is 1.82. The van der Waals surface area contributed by atoms with E-state index in [2.05, 4.69) is 21.2 Å². The van der Waals surface area contributed by atoms with Crippen molar-refractivity contribution in [2.75, 3.05) is 19.6 Å². The normalized spacial score (nSPS) is 28.3. The molecule has 0 radical (unpaired) electrons. The number of halogens is 1. The van der Waals surface area contributed by atoms with Gasteiger partial charge in [-0.05, 0) is 49.6 Å². The Morgan fingerprint density at radius 1 is 1.21 bits per heavy atom. The standard InChI is InChI=1S/C13H17BrN2O2S/c14-11-3-5-12(6-4-11)19(17,18)16-7-1-2-10-8-15-9-13(10)16/h3-6,10,13,15H,1-2,7-9H2. The molecule has 0 aliphatic carbocycles. The Morgan fingerprint density at radius 3 is 2.68 bits per heavy atom. The zero-order valence-corrected chi connectivity index (χ0v) is 13.0. The summed E-state index contributed by atoms with van der Waals surface area (Å²) in [5.41, 5.74) is 0. The van der Waals surface area contributed by atoms with E-state index in [1.54, 1.807) is 28.6 Å². The molecule has 0 saturated carbocycles. The van der Waals surface area contributed by atoms with Gasteiger partial charge in [-0.2, -0.15) is 4.31 Å². The molecule has 19 heavy (non-hydrogen) atoms. The van der Waals surface area contributed by atoms with Crippen molar-refractivity contribution in [3.63, 3.8) is 0 Å². The minimum Gasteiger partial charge on any atom is -0.315 e. The van der Waals surface area contributed by atoms with Crippen molar-refractivity contribution in [1.29, 1.82) is 0 Å². The summed E-state index contributed by atoms with van der Waals surface area (Å²) < 4.78 is 28.0. The number of hydrogen-bond donors (Lipinski definition) is 1. The van der Waals surface area contributed by atoms with Crippen molar-refractivity contribution in [2.45, 2.75) is 23.8 Å². The lowest BCUT2D eigenvalue weighted by Crippen LogP contribution is -2.48. The average molecular weight is 345 g/mol. The number of benzene rings is 1. The number of rotatable bonds is 2. The third kappa shape index (κ3) is 2.46. The van der Waals surface area contributed by atoms with Crippen LogP contribution in [-0.4, -0.2) is 38.4 Å². The fourth-order valence-electron chi connectivity index (χ4n) is 3.07. The van der Waals surface area contributed by atoms with Gasteiger partial charge in [-0.25, -0.2) is 8.42 Å². The number of nitrogens with one attached hydrogen (secondary N) is 1. The molecule has 104 valence electrons. The maximum absolute atomic E-state index is 12.7. The summed E-state index contributed by atoms with van der Waals surface area (Å²) in [4.78, 5) is 0.392. The van der Waals surface area contributed by atoms with Gasteiger partial charge < -0.3 is 5.32 Å². The molecule has 6 heteroatoms. The van der Waals surface area contributed by atoms with Gasteiger partial charge in [0.15, 0.2) is 0 Å². The molecule has 2 fully saturated rings. The van der Waals surface area contributed by atoms with E-state index in [-0.39, 0.29) is 6.04 Å². The van der Waals surface area contributed by atoms with Gasteiger partial charge in [-0.1, -0.05) is 15.9 Å². The lowest BCUT2D eigenvalue weighted by molar-refractivity contribution is 0.217. The highest BCUT2D eigenvalue weighted by molar-refractivity contribution is 9.10. The molecule has 2 saturated heterocycles. The summed E-state index contributed by atoms with van der Waals surface area (Å²) in [5, 5.41) is 3.31. The summed E-state index contributed by atoms with van der Waals surface area (Å²) in [5.74, 6) is 0.471. The van der Waals surface area contributed by atoms with Crippen molar-refractivity contribution in [3.05, 3.63) is 28.7 Å². The second-order valence-corrected chi connectivity index (χ2v) is 8.00. The van der Waals surface area contributed by atoms with Crippen molar-refractivity contribution < 1.29 is 8.42 Å². The lowest BCUT2D eigenvalue weighted by Gasteiger charge is -2.35. The van der Waals surface area contributed by atoms with Crippen LogP contribution in [0.15, 0.2) is 33.6 Å². The summed E-state index contributed by atoms with van der Waals surface area (Å²) >= 11 is 3.33. The summed E-state index contributed by atoms with van der Waals surface area (Å²) in [6, 6.07) is 7.03. The van der Waals surface area contributed by atoms with Gasteiger partial charge in [0.2, 0.25) is 10.0 Å². The smallest absolute Gasteiger partial charge is 0.243 e. The van der Waals surface area contributed by atoms with Crippen molar-refractivity contribution in [1.82, 2.24) is 9.62 Å². The van der Waals surface area contributed by atoms with E-state index in [0.29, 0.717) is 17.4 Å². The number of fused-ring (bicyclic) bond motifs is 1. The van der Waals surface area contributed by atoms with Crippen LogP contribution in [0, 0.1) is 5.92 Å². The first-order valence-corrected chi connectivity index (χ1v) is 8.80. The molecule has 2 heterocycles. The lowest BCUT2D eigenvalue weighted by atomic mass is 9.94. The Kier molecular flexibility index (Phi) is 3.68. The van der Waals surface area contributed by atoms with Crippen molar-refractivity contribution >= 4 is 26.0 Å². The van der Waals surface area contributed by atoms with Gasteiger partial charge in [-0.15, -0.1) is 0 Å². The Balaban J connectivity index is 1.93. The zero-order chi connectivity index (χ0) is 13.5. The predicted molar refractivity (Wildman–Crippen MR) is 77.4 cm³/mol. The van der Waals surface area contributed by atoms with Crippen LogP contribution in [0.4, 0.5) is 0 Å². The van der Waals surface area contributed by atoms with E-state index in [1.165, 1.54) is 0 Å². The van der Waals surface area contributed by atoms with Crippen LogP contribution in [-0.2, 0) is 10.0 Å². The second kappa shape index (κ2) is 5.16. The second-order valence-electron chi connectivity index (χ2n) is 5.20. The van der Waals surface area contributed by atoms with Gasteiger partial charge in [0.1, 0.15) is 0 Å². The van der Waals surface area contributed by atoms with Gasteiger partial charge in [-0.3, -0.25) is 0 Å². The Morgan fingerprint density at radius 2 is 1.95 bits per heavy atom. The van der Waals surface area contributed by atoms with E-state index < -0.39 is 10.0 Å². The highest BCUT2D eigenvalue weighted by Crippen LogP contribution is 2.31. The molecule has 0 amide bonds. The van der Waals surface area contributed by atoms with Crippen molar-refractivity contribution in [3.8, 4) is 0 Å². The molecular formula is C13H17BrN2O2S. The number of piperidine rings is 1. The zero-order valence-electron chi connectivity index (χ0n) is 10.5. The van der Waals surface area contributed by atoms with Crippen LogP contribution in [0.1, 0.15) is 12.8 Å². The summed E-state index contributed by atoms with van der Waals surface area (Å²) in [7, 11) is -3.36. The molecule has 1 aromatic rings. The number of sulfonamides is 1. The van der Waals surface area contributed by atoms with E-state index in [4.69, 9.17) is 0 Å². The molecule has 2 aliphatic rings. The molecule has 2 atom stereocenters. The van der Waals surface area contributed by atoms with Gasteiger partial charge in [0.05, 0.1) is 4.90 Å². The summed E-state index contributed by atoms with van der Waals surface area (Å²) in [6.07, 6.45) is 2.09. The third-order valence-corrected chi connectivity index (χ3v) is 6.52. The monoisotopic (exact) mass is 344 g/mol. The Hall–Kier alpha value is -0.430. The number of nitrogens with zero attached hydrogens (tertiary/aromatic N) is 1. The van der Waals surface area contributed by atoms with Crippen LogP contribution >= 0.6 is 15.9 Å². The van der Waals surface area contributed by atoms with E-state index in [9.17, 15) is 8.42 Å². The first-order chi connectivity index (χ1) is 9.09. The van der Waals surface area contributed by atoms with Crippen LogP contribution in [0.5, 0.6) is 0 Å². The maximum atomic E-state index is 12.7. The minimum atomic E-state index is -3.36. The largest absolute Gasteiger partial charge is 0.315 e.